The lowest BCUT2D eigenvalue weighted by Crippen LogP contribution is -2.25. The number of carboxylic acid groups (broad SMARTS) is 1. The maximum atomic E-state index is 11.7. The molecule has 0 radical (unpaired) electrons. The molecule has 1 aromatic heterocycles. The molecule has 4 rings (SSSR count). The summed E-state index contributed by atoms with van der Waals surface area (Å²) in [5.41, 5.74) is 4.12. The van der Waals surface area contributed by atoms with Gasteiger partial charge in [-0.2, -0.15) is 0 Å². The van der Waals surface area contributed by atoms with Gasteiger partial charge in [0.25, 0.3) is 0 Å². The van der Waals surface area contributed by atoms with E-state index < -0.39 is 5.97 Å². The Bertz CT molecular complexity index is 997. The summed E-state index contributed by atoms with van der Waals surface area (Å²) in [6.45, 7) is 5.16. The highest BCUT2D eigenvalue weighted by Gasteiger charge is 2.29. The average Bonchev–Trinajstić information content (AvgIpc) is 3.33. The smallest absolute Gasteiger partial charge is 0.305 e. The molecule has 2 aliphatic rings. The van der Waals surface area contributed by atoms with Crippen LogP contribution in [0.1, 0.15) is 42.5 Å². The van der Waals surface area contributed by atoms with Crippen LogP contribution in [0.3, 0.4) is 0 Å². The molecule has 3 N–H and O–H groups in total. The molecule has 28 heavy (non-hydrogen) atoms. The van der Waals surface area contributed by atoms with Crippen LogP contribution >= 0.6 is 11.8 Å². The summed E-state index contributed by atoms with van der Waals surface area (Å²) < 4.78 is 1.69. The van der Waals surface area contributed by atoms with E-state index in [2.05, 4.69) is 24.0 Å². The first-order chi connectivity index (χ1) is 13.3. The number of fused-ring (bicyclic) bond motifs is 1. The summed E-state index contributed by atoms with van der Waals surface area (Å²) in [5.74, 6) is 6.69. The highest BCUT2D eigenvalue weighted by atomic mass is 32.2. The maximum absolute atomic E-state index is 11.7. The van der Waals surface area contributed by atoms with Gasteiger partial charge in [-0.05, 0) is 31.0 Å². The van der Waals surface area contributed by atoms with E-state index >= 15 is 0 Å². The zero-order chi connectivity index (χ0) is 20.0. The summed E-state index contributed by atoms with van der Waals surface area (Å²) in [7, 11) is 0. The molecular formula is C20H24N4O3S. The number of nitrogen functional groups attached to an aromatic ring is 1. The second-order valence-corrected chi connectivity index (χ2v) is 8.65. The molecule has 2 atom stereocenters. The lowest BCUT2D eigenvalue weighted by molar-refractivity contribution is -0.137. The minimum Gasteiger partial charge on any atom is -0.481 e. The van der Waals surface area contributed by atoms with Crippen molar-refractivity contribution in [2.24, 2.45) is 4.99 Å². The molecule has 1 saturated heterocycles. The van der Waals surface area contributed by atoms with Gasteiger partial charge in [0.1, 0.15) is 5.04 Å². The van der Waals surface area contributed by atoms with E-state index in [1.54, 1.807) is 23.4 Å². The number of carboxylic acids is 1. The molecule has 1 aromatic carbocycles. The number of hydrogen-bond acceptors (Lipinski definition) is 5. The molecule has 3 heterocycles. The Morgan fingerprint density at radius 1 is 1.36 bits per heavy atom. The van der Waals surface area contributed by atoms with Crippen molar-refractivity contribution in [1.82, 2.24) is 9.58 Å². The number of likely N-dealkylation sites (tertiary alicyclic amines) is 1. The number of aryl methyl sites for hydroxylation is 1. The van der Waals surface area contributed by atoms with E-state index in [1.807, 2.05) is 11.0 Å². The Balaban J connectivity index is 1.73. The van der Waals surface area contributed by atoms with Crippen LogP contribution < -0.4 is 5.84 Å². The third kappa shape index (κ3) is 3.37. The van der Waals surface area contributed by atoms with Gasteiger partial charge in [-0.25, -0.2) is 0 Å². The molecule has 0 spiro atoms. The fourth-order valence-corrected chi connectivity index (χ4v) is 5.27. The van der Waals surface area contributed by atoms with Gasteiger partial charge in [0.05, 0.1) is 23.7 Å². The van der Waals surface area contributed by atoms with E-state index in [-0.39, 0.29) is 24.3 Å². The fraction of sp³-hybridized carbons (Fsp3) is 0.450. The summed E-state index contributed by atoms with van der Waals surface area (Å²) >= 11 is 1.55. The van der Waals surface area contributed by atoms with E-state index in [1.165, 1.54) is 0 Å². The molecule has 1 fully saturated rings. The van der Waals surface area contributed by atoms with Crippen LogP contribution in [0.25, 0.3) is 10.9 Å². The molecule has 8 heteroatoms. The first kappa shape index (κ1) is 18.9. The Labute approximate surface area is 167 Å². The molecule has 1 amide bonds. The van der Waals surface area contributed by atoms with Crippen LogP contribution in [0.15, 0.2) is 23.2 Å². The Kier molecular flexibility index (Phi) is 4.82. The van der Waals surface area contributed by atoms with Crippen molar-refractivity contribution in [1.29, 1.82) is 0 Å². The van der Waals surface area contributed by atoms with Gasteiger partial charge in [0.2, 0.25) is 5.91 Å². The second kappa shape index (κ2) is 7.16. The van der Waals surface area contributed by atoms with Crippen LogP contribution in [0, 0.1) is 6.92 Å². The first-order valence-electron chi connectivity index (χ1n) is 9.43. The summed E-state index contributed by atoms with van der Waals surface area (Å²) in [6.07, 6.45) is 0.962. The Morgan fingerprint density at radius 2 is 2.14 bits per heavy atom. The number of aromatic nitrogens is 1. The maximum Gasteiger partial charge on any atom is 0.305 e. The van der Waals surface area contributed by atoms with E-state index in [9.17, 15) is 9.59 Å². The number of carbonyl (C=O) groups is 2. The Hall–Kier alpha value is -2.48. The van der Waals surface area contributed by atoms with Crippen LogP contribution in [0.2, 0.25) is 0 Å². The molecule has 2 aromatic rings. The number of benzene rings is 1. The largest absolute Gasteiger partial charge is 0.481 e. The van der Waals surface area contributed by atoms with Gasteiger partial charge in [-0.15, -0.1) is 11.8 Å². The van der Waals surface area contributed by atoms with Crippen molar-refractivity contribution in [3.05, 3.63) is 35.0 Å². The topological polar surface area (TPSA) is 101 Å². The van der Waals surface area contributed by atoms with Gasteiger partial charge < -0.3 is 15.8 Å². The van der Waals surface area contributed by atoms with Gasteiger partial charge in [0.15, 0.2) is 0 Å². The number of aliphatic carboxylic acids is 1. The monoisotopic (exact) mass is 400 g/mol. The Morgan fingerprint density at radius 3 is 2.82 bits per heavy atom. The predicted molar refractivity (Wildman–Crippen MR) is 111 cm³/mol. The van der Waals surface area contributed by atoms with Gasteiger partial charge in [-0.1, -0.05) is 11.6 Å². The van der Waals surface area contributed by atoms with Crippen molar-refractivity contribution >= 4 is 39.6 Å². The summed E-state index contributed by atoms with van der Waals surface area (Å²) in [6, 6.07) is 6.10. The van der Waals surface area contributed by atoms with Gasteiger partial charge >= 0.3 is 5.97 Å². The first-order valence-corrected chi connectivity index (χ1v) is 10.4. The number of rotatable bonds is 4. The lowest BCUT2D eigenvalue weighted by Gasteiger charge is -2.16. The van der Waals surface area contributed by atoms with Crippen molar-refractivity contribution in [2.45, 2.75) is 38.6 Å². The number of hydrogen-bond donors (Lipinski definition) is 2. The van der Waals surface area contributed by atoms with Crippen LogP contribution in [-0.2, 0) is 9.59 Å². The summed E-state index contributed by atoms with van der Waals surface area (Å²) in [4.78, 5) is 29.2. The molecule has 2 aliphatic heterocycles. The SMILES string of the molecule is CC(=O)N1CCC(c2cc(C)cc3cc(C4=NC(CC(=O)O)CS4)n(N)c23)C1. The highest BCUT2D eigenvalue weighted by molar-refractivity contribution is 8.14. The lowest BCUT2D eigenvalue weighted by atomic mass is 9.94. The third-order valence-electron chi connectivity index (χ3n) is 5.52. The molecule has 0 saturated carbocycles. The van der Waals surface area contributed by atoms with Crippen molar-refractivity contribution in [2.75, 3.05) is 24.7 Å². The van der Waals surface area contributed by atoms with Crippen molar-refractivity contribution in [3.63, 3.8) is 0 Å². The zero-order valence-corrected chi connectivity index (χ0v) is 16.8. The molecule has 0 bridgehead atoms. The average molecular weight is 401 g/mol. The number of aliphatic imine (C=N–C) groups is 1. The minimum absolute atomic E-state index is 0.0363. The standard InChI is InChI=1S/C20H24N4O3S/c1-11-5-14-7-17(20-22-15(10-28-20)8-18(26)27)24(21)19(14)16(6-11)13-3-4-23(9-13)12(2)25/h5-7,13,15H,3-4,8-10,21H2,1-2H3,(H,26,27). The predicted octanol–water partition coefficient (Wildman–Crippen LogP) is 2.34. The van der Waals surface area contributed by atoms with Crippen LogP contribution in [-0.4, -0.2) is 56.5 Å². The van der Waals surface area contributed by atoms with Crippen LogP contribution in [0.4, 0.5) is 0 Å². The second-order valence-electron chi connectivity index (χ2n) is 7.64. The van der Waals surface area contributed by atoms with Crippen molar-refractivity contribution < 1.29 is 14.7 Å². The van der Waals surface area contributed by atoms with E-state index in [0.717, 1.165) is 45.7 Å². The van der Waals surface area contributed by atoms with Crippen LogP contribution in [0.5, 0.6) is 0 Å². The summed E-state index contributed by atoms with van der Waals surface area (Å²) in [5, 5.41) is 10.9. The zero-order valence-electron chi connectivity index (χ0n) is 16.0. The molecule has 0 aliphatic carbocycles. The minimum atomic E-state index is -0.835. The van der Waals surface area contributed by atoms with Crippen molar-refractivity contribution in [3.8, 4) is 0 Å². The molecule has 2 unspecified atom stereocenters. The van der Waals surface area contributed by atoms with E-state index in [0.29, 0.717) is 12.3 Å². The number of amides is 1. The third-order valence-corrected chi connectivity index (χ3v) is 6.66. The van der Waals surface area contributed by atoms with Gasteiger partial charge in [-0.3, -0.25) is 19.3 Å². The quantitative estimate of drug-likeness (QED) is 0.767. The van der Waals surface area contributed by atoms with E-state index in [4.69, 9.17) is 10.9 Å². The molecular weight excluding hydrogens is 376 g/mol. The normalized spacial score (nSPS) is 22.1. The van der Waals surface area contributed by atoms with Gasteiger partial charge in [0, 0.05) is 37.1 Å². The fourth-order valence-electron chi connectivity index (χ4n) is 4.20. The number of nitrogens with zero attached hydrogens (tertiary/aromatic N) is 3. The number of nitrogens with two attached hydrogens (primary N) is 1. The molecule has 148 valence electrons. The number of carbonyl (C=O) groups excluding carboxylic acids is 1. The number of thioether (sulfide) groups is 1. The molecule has 7 nitrogen and oxygen atoms in total. The highest BCUT2D eigenvalue weighted by Crippen LogP contribution is 2.36.